The molecule has 2 heterocycles. The van der Waals surface area contributed by atoms with Crippen LogP contribution in [0.3, 0.4) is 0 Å². The second-order valence-electron chi connectivity index (χ2n) is 5.25. The molecule has 0 spiro atoms. The number of amides is 1. The van der Waals surface area contributed by atoms with E-state index >= 15 is 0 Å². The Morgan fingerprint density at radius 1 is 1.48 bits per heavy atom. The Hall–Kier alpha value is -2.31. The Morgan fingerprint density at radius 3 is 3.00 bits per heavy atom. The number of oxazole rings is 1. The fourth-order valence-electron chi connectivity index (χ4n) is 2.69. The molecule has 1 saturated carbocycles. The van der Waals surface area contributed by atoms with Crippen molar-refractivity contribution < 1.29 is 13.9 Å². The highest BCUT2D eigenvalue weighted by atomic mass is 16.5. The van der Waals surface area contributed by atoms with E-state index in [0.717, 1.165) is 19.3 Å². The topological polar surface area (TPSA) is 93.0 Å². The fraction of sp³-hybridized carbons (Fsp3) is 0.500. The minimum atomic E-state index is -0.235. The molecule has 21 heavy (non-hydrogen) atoms. The molecule has 1 fully saturated rings. The number of rotatable bonds is 4. The Morgan fingerprint density at radius 2 is 2.33 bits per heavy atom. The van der Waals surface area contributed by atoms with E-state index in [9.17, 15) is 4.79 Å². The van der Waals surface area contributed by atoms with Crippen LogP contribution in [0, 0.1) is 13.8 Å². The van der Waals surface area contributed by atoms with Crippen molar-refractivity contribution in [1.29, 1.82) is 0 Å². The molecule has 0 unspecified atom stereocenters. The third-order valence-electron chi connectivity index (χ3n) is 3.64. The molecule has 0 bridgehead atoms. The predicted molar refractivity (Wildman–Crippen MR) is 74.1 cm³/mol. The van der Waals surface area contributed by atoms with Crippen molar-refractivity contribution in [2.75, 3.05) is 0 Å². The van der Waals surface area contributed by atoms with Crippen molar-refractivity contribution in [3.63, 3.8) is 0 Å². The van der Waals surface area contributed by atoms with Gasteiger partial charge in [0.25, 0.3) is 5.91 Å². The van der Waals surface area contributed by atoms with E-state index in [1.54, 1.807) is 26.2 Å². The molecule has 2 aromatic rings. The second kappa shape index (κ2) is 5.59. The van der Waals surface area contributed by atoms with E-state index in [1.807, 2.05) is 0 Å². The third kappa shape index (κ3) is 2.91. The van der Waals surface area contributed by atoms with Crippen LogP contribution in [0.4, 0.5) is 0 Å². The quantitative estimate of drug-likeness (QED) is 0.894. The zero-order valence-electron chi connectivity index (χ0n) is 12.0. The third-order valence-corrected chi connectivity index (χ3v) is 3.64. The Bertz CT molecular complexity index is 620. The number of aromatic amines is 1. The molecule has 0 radical (unpaired) electrons. The molecule has 1 aliphatic rings. The summed E-state index contributed by atoms with van der Waals surface area (Å²) in [6.07, 6.45) is 6.09. The summed E-state index contributed by atoms with van der Waals surface area (Å²) < 4.78 is 11.2. The van der Waals surface area contributed by atoms with Crippen molar-refractivity contribution in [3.8, 4) is 5.75 Å². The van der Waals surface area contributed by atoms with Gasteiger partial charge < -0.3 is 14.5 Å². The molecule has 3 rings (SSSR count). The standard InChI is InChI=1S/C14H18N4O3/c1-8-13(20-9(2)17-8)14(19)18-11-4-3-5-12(11)21-10-6-15-16-7-10/h6-7,11-12H,3-5H2,1-2H3,(H,15,16)(H,18,19)/t11-,12+/m0/s1. The number of H-pyrrole nitrogens is 1. The lowest BCUT2D eigenvalue weighted by atomic mass is 10.2. The van der Waals surface area contributed by atoms with Crippen LogP contribution in [0.15, 0.2) is 16.8 Å². The monoisotopic (exact) mass is 290 g/mol. The molecule has 2 atom stereocenters. The van der Waals surface area contributed by atoms with E-state index in [4.69, 9.17) is 9.15 Å². The van der Waals surface area contributed by atoms with E-state index in [1.165, 1.54) is 0 Å². The van der Waals surface area contributed by atoms with Gasteiger partial charge in [-0.15, -0.1) is 0 Å². The van der Waals surface area contributed by atoms with Gasteiger partial charge in [0, 0.05) is 6.92 Å². The molecule has 1 amide bonds. The minimum absolute atomic E-state index is 0.0304. The first-order chi connectivity index (χ1) is 10.1. The summed E-state index contributed by atoms with van der Waals surface area (Å²) in [5.74, 6) is 1.23. The smallest absolute Gasteiger partial charge is 0.289 e. The normalized spacial score (nSPS) is 21.4. The molecule has 112 valence electrons. The maximum Gasteiger partial charge on any atom is 0.289 e. The van der Waals surface area contributed by atoms with Gasteiger partial charge in [-0.25, -0.2) is 4.98 Å². The highest BCUT2D eigenvalue weighted by Crippen LogP contribution is 2.24. The lowest BCUT2D eigenvalue weighted by Crippen LogP contribution is -2.42. The first kappa shape index (κ1) is 13.7. The Kier molecular flexibility index (Phi) is 3.64. The van der Waals surface area contributed by atoms with Crippen molar-refractivity contribution in [1.82, 2.24) is 20.5 Å². The van der Waals surface area contributed by atoms with Gasteiger partial charge in [-0.3, -0.25) is 9.89 Å². The molecule has 0 saturated heterocycles. The van der Waals surface area contributed by atoms with E-state index in [2.05, 4.69) is 20.5 Å². The summed E-state index contributed by atoms with van der Waals surface area (Å²) in [6.45, 7) is 3.49. The number of aromatic nitrogens is 3. The van der Waals surface area contributed by atoms with Crippen LogP contribution in [-0.4, -0.2) is 33.2 Å². The van der Waals surface area contributed by atoms with Gasteiger partial charge in [-0.1, -0.05) is 0 Å². The Labute approximate surface area is 122 Å². The van der Waals surface area contributed by atoms with Crippen molar-refractivity contribution in [3.05, 3.63) is 29.7 Å². The summed E-state index contributed by atoms with van der Waals surface area (Å²) in [5, 5.41) is 9.54. The van der Waals surface area contributed by atoms with Gasteiger partial charge in [0.15, 0.2) is 11.6 Å². The molecule has 7 heteroatoms. The average molecular weight is 290 g/mol. The highest BCUT2D eigenvalue weighted by molar-refractivity contribution is 5.92. The van der Waals surface area contributed by atoms with Gasteiger partial charge in [0.2, 0.25) is 5.76 Å². The molecular weight excluding hydrogens is 272 g/mol. The Balaban J connectivity index is 1.66. The van der Waals surface area contributed by atoms with E-state index in [-0.39, 0.29) is 23.8 Å². The summed E-state index contributed by atoms with van der Waals surface area (Å²) >= 11 is 0. The van der Waals surface area contributed by atoms with Crippen LogP contribution in [0.1, 0.15) is 41.4 Å². The van der Waals surface area contributed by atoms with Crippen LogP contribution < -0.4 is 10.1 Å². The molecule has 1 aliphatic carbocycles. The van der Waals surface area contributed by atoms with Gasteiger partial charge in [-0.2, -0.15) is 5.10 Å². The van der Waals surface area contributed by atoms with Gasteiger partial charge in [0.1, 0.15) is 6.10 Å². The highest BCUT2D eigenvalue weighted by Gasteiger charge is 2.32. The SMILES string of the molecule is Cc1nc(C)c(C(=O)N[C@H]2CCC[C@H]2Oc2cn[nH]c2)o1. The number of ether oxygens (including phenoxy) is 1. The lowest BCUT2D eigenvalue weighted by molar-refractivity contribution is 0.0864. The number of hydrogen-bond donors (Lipinski definition) is 2. The first-order valence-electron chi connectivity index (χ1n) is 7.04. The van der Waals surface area contributed by atoms with Crippen LogP contribution in [0.2, 0.25) is 0 Å². The molecular formula is C14H18N4O3. The van der Waals surface area contributed by atoms with Crippen molar-refractivity contribution in [2.45, 2.75) is 45.3 Å². The second-order valence-corrected chi connectivity index (χ2v) is 5.25. The predicted octanol–water partition coefficient (Wildman–Crippen LogP) is 1.74. The largest absolute Gasteiger partial charge is 0.485 e. The van der Waals surface area contributed by atoms with Crippen molar-refractivity contribution in [2.24, 2.45) is 0 Å². The molecule has 2 N–H and O–H groups in total. The molecule has 2 aromatic heterocycles. The molecule has 7 nitrogen and oxygen atoms in total. The number of aryl methyl sites for hydroxylation is 2. The van der Waals surface area contributed by atoms with Crippen molar-refractivity contribution >= 4 is 5.91 Å². The molecule has 0 aromatic carbocycles. The molecule has 0 aliphatic heterocycles. The summed E-state index contributed by atoms with van der Waals surface area (Å²) in [5.41, 5.74) is 0.607. The maximum absolute atomic E-state index is 12.3. The van der Waals surface area contributed by atoms with Gasteiger partial charge in [0.05, 0.1) is 24.1 Å². The average Bonchev–Trinajstić information content (AvgIpc) is 3.14. The van der Waals surface area contributed by atoms with E-state index < -0.39 is 0 Å². The summed E-state index contributed by atoms with van der Waals surface area (Å²) in [6, 6.07) is -0.0304. The summed E-state index contributed by atoms with van der Waals surface area (Å²) in [4.78, 5) is 16.4. The number of nitrogens with one attached hydrogen (secondary N) is 2. The summed E-state index contributed by atoms with van der Waals surface area (Å²) in [7, 11) is 0. The van der Waals surface area contributed by atoms with Crippen LogP contribution in [0.5, 0.6) is 5.75 Å². The number of carbonyl (C=O) groups is 1. The lowest BCUT2D eigenvalue weighted by Gasteiger charge is -2.21. The van der Waals surface area contributed by atoms with Gasteiger partial charge >= 0.3 is 0 Å². The number of carbonyl (C=O) groups excluding carboxylic acids is 1. The number of hydrogen-bond acceptors (Lipinski definition) is 5. The first-order valence-corrected chi connectivity index (χ1v) is 7.04. The van der Waals surface area contributed by atoms with E-state index in [0.29, 0.717) is 17.3 Å². The van der Waals surface area contributed by atoms with Crippen LogP contribution >= 0.6 is 0 Å². The van der Waals surface area contributed by atoms with Gasteiger partial charge in [-0.05, 0) is 26.2 Å². The fourth-order valence-corrected chi connectivity index (χ4v) is 2.69. The zero-order valence-corrected chi connectivity index (χ0v) is 12.0. The minimum Gasteiger partial charge on any atom is -0.485 e. The number of nitrogens with zero attached hydrogens (tertiary/aromatic N) is 2. The maximum atomic E-state index is 12.3. The van der Waals surface area contributed by atoms with Crippen LogP contribution in [0.25, 0.3) is 0 Å². The van der Waals surface area contributed by atoms with Crippen LogP contribution in [-0.2, 0) is 0 Å². The zero-order chi connectivity index (χ0) is 14.8.